The number of nitrogens with zero attached hydrogens (tertiary/aromatic N) is 1. The number of halogens is 3. The molecular weight excluding hydrogens is 526 g/mol. The lowest BCUT2D eigenvalue weighted by molar-refractivity contribution is -0.180. The van der Waals surface area contributed by atoms with Crippen LogP contribution >= 0.6 is 23.8 Å². The van der Waals surface area contributed by atoms with Gasteiger partial charge < -0.3 is 30.2 Å². The molecule has 12 heteroatoms. The number of amides is 1. The average molecular weight is 553 g/mol. The minimum atomic E-state index is -3.08. The molecule has 0 saturated carbocycles. The fourth-order valence-electron chi connectivity index (χ4n) is 3.93. The molecular formula is C25H27ClF2N4O4S. The number of benzene rings is 1. The van der Waals surface area contributed by atoms with Gasteiger partial charge in [0.2, 0.25) is 0 Å². The molecule has 2 aliphatic heterocycles. The normalized spacial score (nSPS) is 18.6. The Morgan fingerprint density at radius 1 is 1.38 bits per heavy atom. The van der Waals surface area contributed by atoms with E-state index in [1.807, 2.05) is 6.07 Å². The molecule has 0 radical (unpaired) electrons. The Hall–Kier alpha value is -3.02. The molecule has 0 bridgehead atoms. The molecule has 8 nitrogen and oxygen atoms in total. The highest BCUT2D eigenvalue weighted by molar-refractivity contribution is 7.81. The summed E-state index contributed by atoms with van der Waals surface area (Å²) in [5, 5.41) is 8.86. The van der Waals surface area contributed by atoms with Crippen molar-refractivity contribution in [2.24, 2.45) is 5.41 Å². The number of carbonyl (C=O) groups excluding carboxylic acids is 1. The second-order valence-corrected chi connectivity index (χ2v) is 10.1. The zero-order chi connectivity index (χ0) is 26.6. The lowest BCUT2D eigenvalue weighted by Crippen LogP contribution is -2.50. The van der Waals surface area contributed by atoms with Crippen molar-refractivity contribution in [1.82, 2.24) is 15.6 Å². The Labute approximate surface area is 223 Å². The van der Waals surface area contributed by atoms with Crippen LogP contribution in [0, 0.1) is 5.41 Å². The number of aromatic nitrogens is 1. The largest absolute Gasteiger partial charge is 0.489 e. The van der Waals surface area contributed by atoms with Gasteiger partial charge in [0.15, 0.2) is 5.75 Å². The molecule has 1 saturated heterocycles. The zero-order valence-corrected chi connectivity index (χ0v) is 21.8. The smallest absolute Gasteiger partial charge is 0.387 e. The molecule has 37 heavy (non-hydrogen) atoms. The molecule has 1 aromatic heterocycles. The van der Waals surface area contributed by atoms with Crippen molar-refractivity contribution in [3.05, 3.63) is 58.5 Å². The Kier molecular flexibility index (Phi) is 8.46. The van der Waals surface area contributed by atoms with Gasteiger partial charge in [0, 0.05) is 42.4 Å². The van der Waals surface area contributed by atoms with Gasteiger partial charge in [0.1, 0.15) is 17.3 Å². The number of nitrogens with one attached hydrogen (secondary N) is 3. The van der Waals surface area contributed by atoms with Crippen molar-refractivity contribution in [2.45, 2.75) is 39.5 Å². The first-order chi connectivity index (χ1) is 17.7. The average Bonchev–Trinajstić information content (AvgIpc) is 2.84. The molecule has 1 atom stereocenters. The van der Waals surface area contributed by atoms with Crippen LogP contribution in [0.2, 0.25) is 5.02 Å². The number of hydrogen-bond donors (Lipinski definition) is 3. The van der Waals surface area contributed by atoms with E-state index in [2.05, 4.69) is 39.5 Å². The molecule has 198 valence electrons. The molecule has 1 fully saturated rings. The highest BCUT2D eigenvalue weighted by Crippen LogP contribution is 2.35. The van der Waals surface area contributed by atoms with E-state index in [4.69, 9.17) is 33.3 Å². The van der Waals surface area contributed by atoms with Crippen molar-refractivity contribution in [3.63, 3.8) is 0 Å². The number of carbonyl (C=O) groups is 1. The maximum absolute atomic E-state index is 12.9. The molecule has 0 aliphatic carbocycles. The second kappa shape index (κ2) is 11.6. The van der Waals surface area contributed by atoms with Crippen molar-refractivity contribution in [1.29, 1.82) is 0 Å². The minimum Gasteiger partial charge on any atom is -0.489 e. The summed E-state index contributed by atoms with van der Waals surface area (Å²) in [7, 11) is 0. The minimum absolute atomic E-state index is 0.00116. The third kappa shape index (κ3) is 6.46. The number of rotatable bonds is 10. The van der Waals surface area contributed by atoms with Gasteiger partial charge in [-0.2, -0.15) is 8.78 Å². The number of alkyl halides is 2. The molecule has 2 aliphatic rings. The van der Waals surface area contributed by atoms with Crippen LogP contribution in [0.4, 0.5) is 14.5 Å². The fraction of sp³-hybridized carbons (Fsp3) is 0.400. The van der Waals surface area contributed by atoms with E-state index in [0.29, 0.717) is 44.2 Å². The van der Waals surface area contributed by atoms with Gasteiger partial charge in [-0.25, -0.2) is 0 Å². The molecule has 1 amide bonds. The maximum atomic E-state index is 12.9. The number of para-hydroxylation sites is 1. The monoisotopic (exact) mass is 552 g/mol. The van der Waals surface area contributed by atoms with Crippen LogP contribution in [-0.2, 0) is 16.1 Å². The van der Waals surface area contributed by atoms with E-state index in [9.17, 15) is 13.6 Å². The van der Waals surface area contributed by atoms with Crippen molar-refractivity contribution >= 4 is 40.4 Å². The zero-order valence-electron chi connectivity index (χ0n) is 20.3. The Morgan fingerprint density at radius 3 is 2.89 bits per heavy atom. The predicted octanol–water partition coefficient (Wildman–Crippen LogP) is 4.44. The van der Waals surface area contributed by atoms with E-state index in [1.165, 1.54) is 12.1 Å². The fourth-order valence-corrected chi connectivity index (χ4v) is 4.47. The Bertz CT molecular complexity index is 1210. The molecule has 2 aromatic rings. The van der Waals surface area contributed by atoms with Gasteiger partial charge in [-0.3, -0.25) is 9.78 Å². The first-order valence-electron chi connectivity index (χ1n) is 11.6. The van der Waals surface area contributed by atoms with Gasteiger partial charge in [0.25, 0.3) is 5.91 Å². The van der Waals surface area contributed by atoms with Crippen LogP contribution < -0.4 is 25.4 Å². The highest BCUT2D eigenvalue weighted by Gasteiger charge is 2.40. The standard InChI is InChI=1S/C25H27ClF2N4O4S/c1-25(2)13-35-19(25)12-34-18-11-29-8-6-14(18)10-31-16-7-9-30-22(33)20(16)23(37)32-17-5-3-4-15(26)21(17)36-24(27)28/h3-6,8,11,19,24,31H,7,9-10,12-13H2,1-2H3,(H,30,33)(H,32,37). The predicted molar refractivity (Wildman–Crippen MR) is 139 cm³/mol. The summed E-state index contributed by atoms with van der Waals surface area (Å²) in [6.07, 6.45) is 3.79. The van der Waals surface area contributed by atoms with Gasteiger partial charge in [-0.15, -0.1) is 0 Å². The summed E-state index contributed by atoms with van der Waals surface area (Å²) in [5.74, 6) is -0.0395. The van der Waals surface area contributed by atoms with Crippen LogP contribution in [-0.4, -0.2) is 48.4 Å². The summed E-state index contributed by atoms with van der Waals surface area (Å²) in [6.45, 7) is 3.03. The number of thiocarbonyl (C=S) groups is 1. The van der Waals surface area contributed by atoms with Gasteiger partial charge in [0.05, 0.1) is 35.2 Å². The molecule has 3 N–H and O–H groups in total. The van der Waals surface area contributed by atoms with E-state index in [0.717, 1.165) is 5.56 Å². The van der Waals surface area contributed by atoms with Gasteiger partial charge in [-0.1, -0.05) is 43.7 Å². The first kappa shape index (κ1) is 27.0. The molecule has 0 spiro atoms. The van der Waals surface area contributed by atoms with Crippen molar-refractivity contribution in [2.75, 3.05) is 25.1 Å². The van der Waals surface area contributed by atoms with Gasteiger partial charge in [-0.05, 0) is 18.2 Å². The van der Waals surface area contributed by atoms with E-state index < -0.39 is 6.61 Å². The van der Waals surface area contributed by atoms with E-state index >= 15 is 0 Å². The second-order valence-electron chi connectivity index (χ2n) is 9.24. The van der Waals surface area contributed by atoms with Gasteiger partial charge >= 0.3 is 6.61 Å². The number of anilines is 1. The third-order valence-electron chi connectivity index (χ3n) is 6.12. The molecule has 1 aromatic carbocycles. The maximum Gasteiger partial charge on any atom is 0.387 e. The molecule has 1 unspecified atom stereocenters. The summed E-state index contributed by atoms with van der Waals surface area (Å²) >= 11 is 11.5. The molecule has 3 heterocycles. The molecule has 4 rings (SSSR count). The van der Waals surface area contributed by atoms with Crippen LogP contribution in [0.5, 0.6) is 11.5 Å². The van der Waals surface area contributed by atoms with Crippen LogP contribution in [0.3, 0.4) is 0 Å². The number of pyridine rings is 1. The lowest BCUT2D eigenvalue weighted by atomic mass is 9.83. The van der Waals surface area contributed by atoms with E-state index in [-0.39, 0.29) is 44.4 Å². The van der Waals surface area contributed by atoms with Crippen molar-refractivity contribution < 1.29 is 27.8 Å². The van der Waals surface area contributed by atoms with Crippen molar-refractivity contribution in [3.8, 4) is 11.5 Å². The summed E-state index contributed by atoms with van der Waals surface area (Å²) in [5.41, 5.74) is 1.82. The summed E-state index contributed by atoms with van der Waals surface area (Å²) in [6, 6.07) is 6.28. The number of hydrogen-bond acceptors (Lipinski definition) is 7. The Morgan fingerprint density at radius 2 is 2.19 bits per heavy atom. The van der Waals surface area contributed by atoms with E-state index in [1.54, 1.807) is 18.5 Å². The first-order valence-corrected chi connectivity index (χ1v) is 12.4. The highest BCUT2D eigenvalue weighted by atomic mass is 35.5. The van der Waals surface area contributed by atoms with Crippen LogP contribution in [0.1, 0.15) is 25.8 Å². The number of ether oxygens (including phenoxy) is 3. The SMILES string of the molecule is CC1(C)COC1COc1cnccc1CNC1=C(C(=S)Nc2cccc(Cl)c2OC(F)F)C(=O)NCC1. The lowest BCUT2D eigenvalue weighted by Gasteiger charge is -2.43. The Balaban J connectivity index is 1.50. The quantitative estimate of drug-likeness (QED) is 0.372. The third-order valence-corrected chi connectivity index (χ3v) is 6.72. The topological polar surface area (TPSA) is 93.7 Å². The summed E-state index contributed by atoms with van der Waals surface area (Å²) in [4.78, 5) is 17.0. The van der Waals surface area contributed by atoms with Crippen LogP contribution in [0.25, 0.3) is 0 Å². The van der Waals surface area contributed by atoms with Crippen LogP contribution in [0.15, 0.2) is 47.9 Å². The summed E-state index contributed by atoms with van der Waals surface area (Å²) < 4.78 is 42.0.